The van der Waals surface area contributed by atoms with Crippen LogP contribution in [0.5, 0.6) is 0 Å². The van der Waals surface area contributed by atoms with Crippen LogP contribution in [-0.2, 0) is 6.54 Å². The third-order valence-corrected chi connectivity index (χ3v) is 1.36. The lowest BCUT2D eigenvalue weighted by molar-refractivity contribution is 0.101. The van der Waals surface area contributed by atoms with E-state index in [-0.39, 0.29) is 5.78 Å². The van der Waals surface area contributed by atoms with Crippen molar-refractivity contribution in [2.45, 2.75) is 20.4 Å². The summed E-state index contributed by atoms with van der Waals surface area (Å²) in [7, 11) is 0. The number of aromatic nitrogens is 2. The average molecular weight is 138 g/mol. The molecule has 0 saturated heterocycles. The zero-order valence-corrected chi connectivity index (χ0v) is 6.16. The fraction of sp³-hybridized carbons (Fsp3) is 0.429. The molecule has 0 amide bonds. The van der Waals surface area contributed by atoms with Gasteiger partial charge in [0.2, 0.25) is 0 Å². The minimum Gasteiger partial charge on any atom is -0.337 e. The van der Waals surface area contributed by atoms with Crippen LogP contribution in [0.2, 0.25) is 0 Å². The number of nitrogens with zero attached hydrogens (tertiary/aromatic N) is 2. The topological polar surface area (TPSA) is 34.9 Å². The number of rotatable bonds is 2. The van der Waals surface area contributed by atoms with Gasteiger partial charge in [-0.05, 0) is 6.92 Å². The van der Waals surface area contributed by atoms with E-state index in [1.54, 1.807) is 12.5 Å². The van der Waals surface area contributed by atoms with E-state index in [2.05, 4.69) is 4.98 Å². The summed E-state index contributed by atoms with van der Waals surface area (Å²) >= 11 is 0. The first-order valence-electron chi connectivity index (χ1n) is 3.26. The normalized spacial score (nSPS) is 9.80. The molecule has 0 aliphatic heterocycles. The smallest absolute Gasteiger partial charge is 0.179 e. The molecule has 3 heteroatoms. The summed E-state index contributed by atoms with van der Waals surface area (Å²) in [5.41, 5.74) is 0.543. The fourth-order valence-electron chi connectivity index (χ4n) is 0.715. The van der Waals surface area contributed by atoms with E-state index in [0.717, 1.165) is 6.54 Å². The monoisotopic (exact) mass is 138 g/mol. The third kappa shape index (κ3) is 1.23. The van der Waals surface area contributed by atoms with Gasteiger partial charge in [-0.25, -0.2) is 4.98 Å². The number of Topliss-reactive ketones (excluding diaryl/α,β-unsaturated/α-hetero) is 1. The molecule has 54 valence electrons. The fourth-order valence-corrected chi connectivity index (χ4v) is 0.715. The highest BCUT2D eigenvalue weighted by Crippen LogP contribution is 1.95. The number of imidazole rings is 1. The predicted octanol–water partition coefficient (Wildman–Crippen LogP) is 1.11. The highest BCUT2D eigenvalue weighted by molar-refractivity contribution is 5.91. The highest BCUT2D eigenvalue weighted by atomic mass is 16.1. The van der Waals surface area contributed by atoms with Crippen LogP contribution in [0.1, 0.15) is 24.3 Å². The Balaban J connectivity index is 2.88. The Morgan fingerprint density at radius 2 is 2.50 bits per heavy atom. The van der Waals surface area contributed by atoms with Gasteiger partial charge in [-0.15, -0.1) is 0 Å². The first-order chi connectivity index (χ1) is 4.74. The van der Waals surface area contributed by atoms with Crippen molar-refractivity contribution in [3.05, 3.63) is 18.2 Å². The summed E-state index contributed by atoms with van der Waals surface area (Å²) in [6.45, 7) is 4.38. The largest absolute Gasteiger partial charge is 0.337 e. The predicted molar refractivity (Wildman–Crippen MR) is 37.9 cm³/mol. The van der Waals surface area contributed by atoms with Crippen LogP contribution in [0.3, 0.4) is 0 Å². The van der Waals surface area contributed by atoms with Crippen LogP contribution in [0.4, 0.5) is 0 Å². The number of hydrogen-bond acceptors (Lipinski definition) is 2. The summed E-state index contributed by atoms with van der Waals surface area (Å²) in [4.78, 5) is 14.6. The number of carbonyl (C=O) groups excluding carboxylic acids is 1. The molecule has 10 heavy (non-hydrogen) atoms. The lowest BCUT2D eigenvalue weighted by atomic mass is 10.3. The van der Waals surface area contributed by atoms with Gasteiger partial charge >= 0.3 is 0 Å². The summed E-state index contributed by atoms with van der Waals surface area (Å²) in [6, 6.07) is 0. The van der Waals surface area contributed by atoms with Crippen LogP contribution >= 0.6 is 0 Å². The van der Waals surface area contributed by atoms with Gasteiger partial charge in [-0.3, -0.25) is 4.79 Å². The van der Waals surface area contributed by atoms with Crippen LogP contribution in [0.15, 0.2) is 12.5 Å². The molecule has 3 nitrogen and oxygen atoms in total. The summed E-state index contributed by atoms with van der Waals surface area (Å²) in [5.74, 6) is 0.0206. The van der Waals surface area contributed by atoms with E-state index in [0.29, 0.717) is 5.69 Å². The maximum absolute atomic E-state index is 10.7. The Bertz CT molecular complexity index is 240. The lowest BCUT2D eigenvalue weighted by Crippen LogP contribution is -1.91. The van der Waals surface area contributed by atoms with Crippen LogP contribution in [0.25, 0.3) is 0 Å². The molecule has 0 aromatic carbocycles. The Hall–Kier alpha value is -1.12. The Kier molecular flexibility index (Phi) is 1.85. The molecule has 0 radical (unpaired) electrons. The van der Waals surface area contributed by atoms with E-state index >= 15 is 0 Å². The molecule has 0 spiro atoms. The highest BCUT2D eigenvalue weighted by Gasteiger charge is 2.00. The van der Waals surface area contributed by atoms with Gasteiger partial charge in [0.25, 0.3) is 0 Å². The number of hydrogen-bond donors (Lipinski definition) is 0. The molecule has 1 aromatic heterocycles. The van der Waals surface area contributed by atoms with Crippen molar-refractivity contribution >= 4 is 5.78 Å². The van der Waals surface area contributed by atoms with Gasteiger partial charge in [0.1, 0.15) is 5.69 Å². The van der Waals surface area contributed by atoms with E-state index in [1.807, 2.05) is 11.5 Å². The zero-order chi connectivity index (χ0) is 7.56. The van der Waals surface area contributed by atoms with Crippen LogP contribution < -0.4 is 0 Å². The van der Waals surface area contributed by atoms with Gasteiger partial charge in [-0.1, -0.05) is 0 Å². The summed E-state index contributed by atoms with van der Waals surface area (Å²) < 4.78 is 1.87. The van der Waals surface area contributed by atoms with Crippen molar-refractivity contribution in [1.82, 2.24) is 9.55 Å². The summed E-state index contributed by atoms with van der Waals surface area (Å²) in [5, 5.41) is 0. The standard InChI is InChI=1S/C7H10N2O/c1-3-9-4-7(6(2)10)8-5-9/h4-5H,3H2,1-2H3. The van der Waals surface area contributed by atoms with Crippen molar-refractivity contribution in [1.29, 1.82) is 0 Å². The molecule has 1 rings (SSSR count). The molecule has 0 unspecified atom stereocenters. The quantitative estimate of drug-likeness (QED) is 0.574. The molecule has 0 saturated carbocycles. The van der Waals surface area contributed by atoms with Crippen molar-refractivity contribution in [3.63, 3.8) is 0 Å². The molecule has 0 fully saturated rings. The average Bonchev–Trinajstić information content (AvgIpc) is 2.34. The van der Waals surface area contributed by atoms with Gasteiger partial charge in [0.15, 0.2) is 5.78 Å². The third-order valence-electron chi connectivity index (χ3n) is 1.36. The Morgan fingerprint density at radius 3 is 2.80 bits per heavy atom. The number of ketones is 1. The minimum absolute atomic E-state index is 0.0206. The van der Waals surface area contributed by atoms with E-state index in [4.69, 9.17) is 0 Å². The van der Waals surface area contributed by atoms with Crippen LogP contribution in [0, 0.1) is 0 Å². The second-order valence-corrected chi connectivity index (χ2v) is 2.15. The molecule has 0 aliphatic rings. The van der Waals surface area contributed by atoms with Gasteiger partial charge in [-0.2, -0.15) is 0 Å². The Morgan fingerprint density at radius 1 is 1.80 bits per heavy atom. The maximum atomic E-state index is 10.7. The minimum atomic E-state index is 0.0206. The molecule has 0 N–H and O–H groups in total. The number of carbonyl (C=O) groups is 1. The van der Waals surface area contributed by atoms with Crippen molar-refractivity contribution < 1.29 is 4.79 Å². The van der Waals surface area contributed by atoms with Gasteiger partial charge < -0.3 is 4.57 Å². The van der Waals surface area contributed by atoms with Crippen LogP contribution in [-0.4, -0.2) is 15.3 Å². The molecule has 0 bridgehead atoms. The lowest BCUT2D eigenvalue weighted by Gasteiger charge is -1.89. The number of aryl methyl sites for hydroxylation is 1. The first kappa shape index (κ1) is 6.99. The molecule has 0 aliphatic carbocycles. The first-order valence-corrected chi connectivity index (χ1v) is 3.26. The molecule has 0 atom stereocenters. The van der Waals surface area contributed by atoms with E-state index in [9.17, 15) is 4.79 Å². The second kappa shape index (κ2) is 2.64. The molecule has 1 aromatic rings. The van der Waals surface area contributed by atoms with Crippen molar-refractivity contribution in [3.8, 4) is 0 Å². The molecular weight excluding hydrogens is 128 g/mol. The van der Waals surface area contributed by atoms with Crippen molar-refractivity contribution in [2.24, 2.45) is 0 Å². The van der Waals surface area contributed by atoms with Gasteiger partial charge in [0, 0.05) is 19.7 Å². The van der Waals surface area contributed by atoms with E-state index in [1.165, 1.54) is 6.92 Å². The van der Waals surface area contributed by atoms with E-state index < -0.39 is 0 Å². The van der Waals surface area contributed by atoms with Crippen molar-refractivity contribution in [2.75, 3.05) is 0 Å². The zero-order valence-electron chi connectivity index (χ0n) is 6.16. The summed E-state index contributed by atoms with van der Waals surface area (Å²) in [6.07, 6.45) is 3.42. The SMILES string of the molecule is CCn1cnc(C(C)=O)c1. The Labute approximate surface area is 59.7 Å². The maximum Gasteiger partial charge on any atom is 0.179 e. The second-order valence-electron chi connectivity index (χ2n) is 2.15. The molecular formula is C7H10N2O. The van der Waals surface area contributed by atoms with Gasteiger partial charge in [0.05, 0.1) is 6.33 Å². The molecule has 1 heterocycles.